The van der Waals surface area contributed by atoms with E-state index in [0.717, 1.165) is 42.8 Å². The number of fused-ring (bicyclic) bond motifs is 1. The first-order valence-corrected chi connectivity index (χ1v) is 10.9. The Balaban J connectivity index is 1.56. The van der Waals surface area contributed by atoms with E-state index < -0.39 is 0 Å². The van der Waals surface area contributed by atoms with Crippen molar-refractivity contribution in [1.29, 1.82) is 0 Å². The highest BCUT2D eigenvalue weighted by molar-refractivity contribution is 6.30. The summed E-state index contributed by atoms with van der Waals surface area (Å²) in [5.74, 6) is 0.652. The smallest absolute Gasteiger partial charge is 0.251 e. The van der Waals surface area contributed by atoms with Gasteiger partial charge in [0.05, 0.1) is 5.70 Å². The largest absolute Gasteiger partial charge is 0.341 e. The van der Waals surface area contributed by atoms with E-state index in [0.29, 0.717) is 11.0 Å². The molecule has 158 valence electrons. The van der Waals surface area contributed by atoms with Gasteiger partial charge in [0, 0.05) is 18.1 Å². The summed E-state index contributed by atoms with van der Waals surface area (Å²) in [7, 11) is 0. The number of allylic oxidation sites excluding steroid dienone is 1. The zero-order valence-electron chi connectivity index (χ0n) is 17.1. The molecule has 1 amide bonds. The maximum atomic E-state index is 13.1. The zero-order chi connectivity index (χ0) is 21.2. The third kappa shape index (κ3) is 3.93. The Labute approximate surface area is 185 Å². The highest BCUT2D eigenvalue weighted by Crippen LogP contribution is 2.36. The normalized spacial score (nSPS) is 18.5. The van der Waals surface area contributed by atoms with E-state index in [1.54, 1.807) is 4.68 Å². The van der Waals surface area contributed by atoms with E-state index in [2.05, 4.69) is 33.7 Å². The van der Waals surface area contributed by atoms with Crippen molar-refractivity contribution >= 4 is 29.2 Å². The predicted molar refractivity (Wildman–Crippen MR) is 120 cm³/mol. The number of amides is 1. The lowest BCUT2D eigenvalue weighted by molar-refractivity contribution is -0.130. The number of rotatable bonds is 4. The van der Waals surface area contributed by atoms with Crippen LogP contribution in [0, 0.1) is 0 Å². The zero-order valence-corrected chi connectivity index (χ0v) is 17.8. The number of halogens is 1. The molecule has 3 aromatic rings. The van der Waals surface area contributed by atoms with Crippen LogP contribution in [0.4, 0.5) is 5.95 Å². The van der Waals surface area contributed by atoms with Gasteiger partial charge in [0.25, 0.3) is 5.95 Å². The third-order valence-corrected chi connectivity index (χ3v) is 6.12. The van der Waals surface area contributed by atoms with E-state index in [9.17, 15) is 4.79 Å². The molecule has 1 atom stereocenters. The van der Waals surface area contributed by atoms with Gasteiger partial charge in [0.1, 0.15) is 12.6 Å². The molecule has 7 nitrogen and oxygen atoms in total. The molecule has 0 spiro atoms. The van der Waals surface area contributed by atoms with Gasteiger partial charge < -0.3 is 4.90 Å². The van der Waals surface area contributed by atoms with Crippen LogP contribution in [-0.4, -0.2) is 50.6 Å². The summed E-state index contributed by atoms with van der Waals surface area (Å²) in [4.78, 5) is 17.0. The number of piperidine rings is 1. The van der Waals surface area contributed by atoms with E-state index in [4.69, 9.17) is 11.6 Å². The van der Waals surface area contributed by atoms with Gasteiger partial charge in [0.15, 0.2) is 0 Å². The highest BCUT2D eigenvalue weighted by Gasteiger charge is 2.33. The number of anilines is 1. The van der Waals surface area contributed by atoms with Crippen molar-refractivity contribution in [2.24, 2.45) is 0 Å². The Morgan fingerprint density at radius 3 is 2.48 bits per heavy atom. The number of hydrogen-bond acceptors (Lipinski definition) is 5. The van der Waals surface area contributed by atoms with Gasteiger partial charge >= 0.3 is 0 Å². The average molecular weight is 435 g/mol. The first-order chi connectivity index (χ1) is 15.2. The fourth-order valence-corrected chi connectivity index (χ4v) is 4.39. The van der Waals surface area contributed by atoms with Gasteiger partial charge in [-0.2, -0.15) is 4.68 Å². The number of aromatic nitrogens is 4. The quantitative estimate of drug-likeness (QED) is 0.625. The molecule has 2 aliphatic heterocycles. The molecular formula is C23H23ClN6O. The van der Waals surface area contributed by atoms with E-state index in [1.807, 2.05) is 52.3 Å². The topological polar surface area (TPSA) is 67.2 Å². The van der Waals surface area contributed by atoms with Crippen LogP contribution < -0.4 is 4.90 Å². The predicted octanol–water partition coefficient (Wildman–Crippen LogP) is 3.79. The molecule has 1 unspecified atom stereocenters. The van der Waals surface area contributed by atoms with Crippen molar-refractivity contribution < 1.29 is 4.79 Å². The fraction of sp³-hybridized carbons (Fsp3) is 0.304. The molecule has 5 rings (SSSR count). The van der Waals surface area contributed by atoms with Crippen molar-refractivity contribution in [3.63, 3.8) is 0 Å². The van der Waals surface area contributed by atoms with Crippen LogP contribution in [0.2, 0.25) is 5.02 Å². The summed E-state index contributed by atoms with van der Waals surface area (Å²) in [5, 5.41) is 13.1. The summed E-state index contributed by atoms with van der Waals surface area (Å²) < 4.78 is 1.78. The molecule has 3 heterocycles. The van der Waals surface area contributed by atoms with Crippen molar-refractivity contribution in [2.75, 3.05) is 24.5 Å². The lowest BCUT2D eigenvalue weighted by atomic mass is 10.0. The summed E-state index contributed by atoms with van der Waals surface area (Å²) in [5.41, 5.74) is 2.94. The van der Waals surface area contributed by atoms with Crippen LogP contribution in [0.1, 0.15) is 36.4 Å². The van der Waals surface area contributed by atoms with Crippen molar-refractivity contribution in [3.8, 4) is 0 Å². The second-order valence-electron chi connectivity index (χ2n) is 7.87. The molecule has 0 bridgehead atoms. The lowest BCUT2D eigenvalue weighted by Crippen LogP contribution is -2.44. The number of benzene rings is 2. The molecule has 2 aliphatic rings. The Morgan fingerprint density at radius 1 is 1.00 bits per heavy atom. The fourth-order valence-electron chi connectivity index (χ4n) is 4.26. The minimum absolute atomic E-state index is 0.0901. The maximum absolute atomic E-state index is 13.1. The molecule has 0 radical (unpaired) electrons. The summed E-state index contributed by atoms with van der Waals surface area (Å²) in [6, 6.07) is 17.6. The van der Waals surface area contributed by atoms with Crippen LogP contribution in [0.15, 0.2) is 60.7 Å². The van der Waals surface area contributed by atoms with Crippen LogP contribution in [0.25, 0.3) is 5.70 Å². The molecular weight excluding hydrogens is 412 g/mol. The molecule has 31 heavy (non-hydrogen) atoms. The SMILES string of the molecule is O=C(CN1C(c2ccc(Cl)cc2)=CC(c2ccccc2)n2nnnc21)N1CCCCC1. The van der Waals surface area contributed by atoms with Gasteiger partial charge in [0.2, 0.25) is 5.91 Å². The van der Waals surface area contributed by atoms with Gasteiger partial charge in [-0.25, -0.2) is 0 Å². The number of carbonyl (C=O) groups excluding carboxylic acids is 1. The lowest BCUT2D eigenvalue weighted by Gasteiger charge is -2.35. The van der Waals surface area contributed by atoms with Crippen LogP contribution in [0.3, 0.4) is 0 Å². The van der Waals surface area contributed by atoms with Gasteiger partial charge in [-0.05, 0) is 59.0 Å². The van der Waals surface area contributed by atoms with Crippen molar-refractivity contribution in [2.45, 2.75) is 25.3 Å². The molecule has 1 aromatic heterocycles. The minimum atomic E-state index is -0.168. The van der Waals surface area contributed by atoms with Crippen molar-refractivity contribution in [3.05, 3.63) is 76.8 Å². The van der Waals surface area contributed by atoms with E-state index >= 15 is 0 Å². The molecule has 0 N–H and O–H groups in total. The van der Waals surface area contributed by atoms with Gasteiger partial charge in [-0.15, -0.1) is 0 Å². The number of nitrogens with zero attached hydrogens (tertiary/aromatic N) is 6. The summed E-state index contributed by atoms with van der Waals surface area (Å²) >= 11 is 6.13. The third-order valence-electron chi connectivity index (χ3n) is 5.87. The molecule has 0 aliphatic carbocycles. The Bertz CT molecular complexity index is 1090. The number of tetrazole rings is 1. The molecule has 8 heteroatoms. The first kappa shape index (κ1) is 19.8. The van der Waals surface area contributed by atoms with Gasteiger partial charge in [-0.3, -0.25) is 9.69 Å². The average Bonchev–Trinajstić information content (AvgIpc) is 3.31. The first-order valence-electron chi connectivity index (χ1n) is 10.6. The Hall–Kier alpha value is -3.19. The minimum Gasteiger partial charge on any atom is -0.341 e. The van der Waals surface area contributed by atoms with E-state index in [-0.39, 0.29) is 18.5 Å². The second kappa shape index (κ2) is 8.51. The summed E-state index contributed by atoms with van der Waals surface area (Å²) in [6.45, 7) is 1.81. The molecule has 1 saturated heterocycles. The van der Waals surface area contributed by atoms with Crippen LogP contribution in [0.5, 0.6) is 0 Å². The monoisotopic (exact) mass is 434 g/mol. The molecule has 2 aromatic carbocycles. The second-order valence-corrected chi connectivity index (χ2v) is 8.30. The van der Waals surface area contributed by atoms with Gasteiger partial charge in [-0.1, -0.05) is 59.2 Å². The number of hydrogen-bond donors (Lipinski definition) is 0. The summed E-state index contributed by atoms with van der Waals surface area (Å²) in [6.07, 6.45) is 5.41. The maximum Gasteiger partial charge on any atom is 0.251 e. The Kier molecular flexibility index (Phi) is 5.42. The Morgan fingerprint density at radius 2 is 1.74 bits per heavy atom. The molecule has 1 fully saturated rings. The highest BCUT2D eigenvalue weighted by atomic mass is 35.5. The number of carbonyl (C=O) groups is 1. The molecule has 0 saturated carbocycles. The number of likely N-dealkylation sites (tertiary alicyclic amines) is 1. The van der Waals surface area contributed by atoms with Crippen molar-refractivity contribution in [1.82, 2.24) is 25.1 Å². The van der Waals surface area contributed by atoms with Crippen LogP contribution >= 0.6 is 11.6 Å². The van der Waals surface area contributed by atoms with E-state index in [1.165, 1.54) is 6.42 Å². The standard InChI is InChI=1S/C23H23ClN6O/c24-19-11-9-18(10-12-19)20-15-21(17-7-3-1-4-8-17)30-23(25-26-27-30)29(20)16-22(31)28-13-5-2-6-14-28/h1,3-4,7-12,15,21H,2,5-6,13-14,16H2. The van der Waals surface area contributed by atoms with Crippen LogP contribution in [-0.2, 0) is 4.79 Å².